The van der Waals surface area contributed by atoms with Crippen LogP contribution in [-0.2, 0) is 20.7 Å². The number of Topliss-reactive ketones (excluding diaryl/α,β-unsaturated/α-hetero) is 1. The normalized spacial score (nSPS) is 13.6. The second-order valence-electron chi connectivity index (χ2n) is 3.79. The second-order valence-corrected chi connectivity index (χ2v) is 3.79. The van der Waals surface area contributed by atoms with E-state index in [1.54, 1.807) is 0 Å². The van der Waals surface area contributed by atoms with Crippen LogP contribution in [0.25, 0.3) is 6.08 Å². The number of carbonyl (C=O) groups is 2. The molecule has 0 aromatic heterocycles. The number of rotatable bonds is 2. The van der Waals surface area contributed by atoms with Crippen LogP contribution < -0.4 is 0 Å². The van der Waals surface area contributed by atoms with Gasteiger partial charge in [0.25, 0.3) is 5.69 Å². The van der Waals surface area contributed by atoms with Crippen LogP contribution in [0.5, 0.6) is 0 Å². The molecule has 6 nitrogen and oxygen atoms in total. The molecule has 2 rings (SSSR count). The zero-order valence-electron chi connectivity index (χ0n) is 9.50. The Morgan fingerprint density at radius 1 is 1.44 bits per heavy atom. The number of hydrogen-bond acceptors (Lipinski definition) is 5. The lowest BCUT2D eigenvalue weighted by atomic mass is 9.91. The fourth-order valence-corrected chi connectivity index (χ4v) is 1.79. The number of esters is 1. The van der Waals surface area contributed by atoms with Crippen molar-refractivity contribution in [3.8, 4) is 0 Å². The average Bonchev–Trinajstić information content (AvgIpc) is 2.36. The van der Waals surface area contributed by atoms with Gasteiger partial charge in [-0.05, 0) is 23.3 Å². The first-order chi connectivity index (χ1) is 8.52. The number of nitrogens with zero attached hydrogens (tertiary/aromatic N) is 1. The maximum atomic E-state index is 11.7. The number of ketones is 1. The van der Waals surface area contributed by atoms with Crippen LogP contribution in [0.2, 0.25) is 0 Å². The van der Waals surface area contributed by atoms with E-state index >= 15 is 0 Å². The van der Waals surface area contributed by atoms with Gasteiger partial charge in [0.2, 0.25) is 0 Å². The first-order valence-corrected chi connectivity index (χ1v) is 5.13. The van der Waals surface area contributed by atoms with Crippen LogP contribution in [0.4, 0.5) is 5.69 Å². The van der Waals surface area contributed by atoms with Gasteiger partial charge in [0, 0.05) is 18.6 Å². The van der Waals surface area contributed by atoms with Crippen molar-refractivity contribution in [3.63, 3.8) is 0 Å². The molecule has 1 aliphatic rings. The van der Waals surface area contributed by atoms with Crippen LogP contribution >= 0.6 is 0 Å². The molecule has 1 aromatic carbocycles. The minimum absolute atomic E-state index is 0.0288. The summed E-state index contributed by atoms with van der Waals surface area (Å²) in [5, 5.41) is 10.6. The van der Waals surface area contributed by atoms with E-state index < -0.39 is 16.7 Å². The molecule has 18 heavy (non-hydrogen) atoms. The third-order valence-corrected chi connectivity index (χ3v) is 2.69. The predicted molar refractivity (Wildman–Crippen MR) is 61.8 cm³/mol. The highest BCUT2D eigenvalue weighted by Crippen LogP contribution is 2.26. The van der Waals surface area contributed by atoms with Gasteiger partial charge in [0.15, 0.2) is 5.78 Å². The molecule has 0 aliphatic heterocycles. The first-order valence-electron chi connectivity index (χ1n) is 5.13. The number of nitro benzene ring substituents is 1. The van der Waals surface area contributed by atoms with Crippen LogP contribution in [0.3, 0.4) is 0 Å². The maximum absolute atomic E-state index is 11.7. The molecule has 0 unspecified atom stereocenters. The van der Waals surface area contributed by atoms with Crippen molar-refractivity contribution in [2.24, 2.45) is 0 Å². The van der Waals surface area contributed by atoms with E-state index in [1.807, 2.05) is 0 Å². The van der Waals surface area contributed by atoms with E-state index in [9.17, 15) is 19.7 Å². The number of nitro groups is 1. The molecule has 0 N–H and O–H groups in total. The van der Waals surface area contributed by atoms with E-state index in [0.29, 0.717) is 11.1 Å². The molecule has 0 amide bonds. The largest absolute Gasteiger partial charge is 0.465 e. The molecule has 0 fully saturated rings. The zero-order chi connectivity index (χ0) is 13.3. The Labute approximate surface area is 102 Å². The van der Waals surface area contributed by atoms with Crippen LogP contribution in [0.1, 0.15) is 11.1 Å². The Bertz CT molecular complexity index is 588. The predicted octanol–water partition coefficient (Wildman–Crippen LogP) is 1.28. The van der Waals surface area contributed by atoms with E-state index in [2.05, 4.69) is 4.74 Å². The Kier molecular flexibility index (Phi) is 2.93. The lowest BCUT2D eigenvalue weighted by Gasteiger charge is -2.13. The van der Waals surface area contributed by atoms with Gasteiger partial charge in [0.1, 0.15) is 5.57 Å². The Morgan fingerprint density at radius 3 is 2.78 bits per heavy atom. The van der Waals surface area contributed by atoms with E-state index in [-0.39, 0.29) is 17.7 Å². The fourth-order valence-electron chi connectivity index (χ4n) is 1.79. The Balaban J connectivity index is 2.48. The maximum Gasteiger partial charge on any atom is 0.341 e. The highest BCUT2D eigenvalue weighted by molar-refractivity contribution is 6.22. The van der Waals surface area contributed by atoms with Gasteiger partial charge in [-0.1, -0.05) is 0 Å². The summed E-state index contributed by atoms with van der Waals surface area (Å²) in [6.45, 7) is 0. The molecular weight excluding hydrogens is 238 g/mol. The van der Waals surface area contributed by atoms with E-state index in [1.165, 1.54) is 31.4 Å². The fraction of sp³-hybridized carbons (Fsp3) is 0.167. The molecule has 0 heterocycles. The van der Waals surface area contributed by atoms with Gasteiger partial charge in [-0.25, -0.2) is 4.79 Å². The standard InChI is InChI=1S/C12H9NO5/c1-18-12(15)10-5-7-2-3-9(13(16)17)4-8(7)6-11(10)14/h2-5H,6H2,1H3. The molecule has 0 spiro atoms. The minimum atomic E-state index is -0.691. The van der Waals surface area contributed by atoms with Crippen LogP contribution in [-0.4, -0.2) is 23.8 Å². The smallest absolute Gasteiger partial charge is 0.341 e. The van der Waals surface area contributed by atoms with Crippen molar-refractivity contribution in [2.45, 2.75) is 6.42 Å². The second kappa shape index (κ2) is 4.40. The lowest BCUT2D eigenvalue weighted by Crippen LogP contribution is -2.20. The van der Waals surface area contributed by atoms with Gasteiger partial charge >= 0.3 is 5.97 Å². The van der Waals surface area contributed by atoms with Gasteiger partial charge in [-0.2, -0.15) is 0 Å². The molecule has 92 valence electrons. The molecule has 1 aromatic rings. The van der Waals surface area contributed by atoms with Crippen LogP contribution in [0.15, 0.2) is 23.8 Å². The highest BCUT2D eigenvalue weighted by Gasteiger charge is 2.25. The van der Waals surface area contributed by atoms with Crippen molar-refractivity contribution in [2.75, 3.05) is 7.11 Å². The van der Waals surface area contributed by atoms with Gasteiger partial charge < -0.3 is 4.74 Å². The van der Waals surface area contributed by atoms with Crippen molar-refractivity contribution in [3.05, 3.63) is 45.0 Å². The van der Waals surface area contributed by atoms with E-state index in [4.69, 9.17) is 0 Å². The summed E-state index contributed by atoms with van der Waals surface area (Å²) >= 11 is 0. The summed E-state index contributed by atoms with van der Waals surface area (Å²) in [4.78, 5) is 33.1. The summed E-state index contributed by atoms with van der Waals surface area (Å²) in [6.07, 6.45) is 1.37. The summed E-state index contributed by atoms with van der Waals surface area (Å²) in [6, 6.07) is 4.20. The minimum Gasteiger partial charge on any atom is -0.465 e. The number of carbonyl (C=O) groups excluding carboxylic acids is 2. The number of ether oxygens (including phenoxy) is 1. The SMILES string of the molecule is COC(=O)C1=Cc2ccc([N+](=O)[O-])cc2CC1=O. The third kappa shape index (κ3) is 2.00. The summed E-state index contributed by atoms with van der Waals surface area (Å²) in [5.74, 6) is -1.08. The van der Waals surface area contributed by atoms with Gasteiger partial charge in [-0.3, -0.25) is 14.9 Å². The topological polar surface area (TPSA) is 86.5 Å². The number of fused-ring (bicyclic) bond motifs is 1. The average molecular weight is 247 g/mol. The van der Waals surface area contributed by atoms with Crippen LogP contribution in [0, 0.1) is 10.1 Å². The molecular formula is C12H9NO5. The number of benzene rings is 1. The van der Waals surface area contributed by atoms with Crippen molar-refractivity contribution in [1.82, 2.24) is 0 Å². The van der Waals surface area contributed by atoms with Gasteiger partial charge in [0.05, 0.1) is 12.0 Å². The monoisotopic (exact) mass is 247 g/mol. The zero-order valence-corrected chi connectivity index (χ0v) is 9.50. The Hall–Kier alpha value is -2.50. The molecule has 0 saturated carbocycles. The highest BCUT2D eigenvalue weighted by atomic mass is 16.6. The molecule has 0 atom stereocenters. The summed E-state index contributed by atoms with van der Waals surface area (Å²) in [5.41, 5.74) is 1.07. The quantitative estimate of drug-likeness (QED) is 0.340. The number of methoxy groups -OCH3 is 1. The van der Waals surface area contributed by atoms with Gasteiger partial charge in [-0.15, -0.1) is 0 Å². The molecule has 0 saturated heterocycles. The lowest BCUT2D eigenvalue weighted by molar-refractivity contribution is -0.384. The first kappa shape index (κ1) is 12.0. The molecule has 0 radical (unpaired) electrons. The molecule has 6 heteroatoms. The summed E-state index contributed by atoms with van der Waals surface area (Å²) < 4.78 is 4.50. The number of hydrogen-bond donors (Lipinski definition) is 0. The Morgan fingerprint density at radius 2 is 2.17 bits per heavy atom. The third-order valence-electron chi connectivity index (χ3n) is 2.69. The van der Waals surface area contributed by atoms with Crippen molar-refractivity contribution >= 4 is 23.5 Å². The van der Waals surface area contributed by atoms with Crippen molar-refractivity contribution < 1.29 is 19.2 Å². The van der Waals surface area contributed by atoms with E-state index in [0.717, 1.165) is 0 Å². The molecule has 0 bridgehead atoms. The summed E-state index contributed by atoms with van der Waals surface area (Å²) in [7, 11) is 1.20. The molecule has 1 aliphatic carbocycles. The number of non-ortho nitro benzene ring substituents is 1. The van der Waals surface area contributed by atoms with Crippen molar-refractivity contribution in [1.29, 1.82) is 0 Å².